The van der Waals surface area contributed by atoms with Crippen molar-refractivity contribution in [3.8, 4) is 12.1 Å². The molecule has 2 nitrogen and oxygen atoms in total. The van der Waals surface area contributed by atoms with E-state index in [2.05, 4.69) is 12.1 Å². The van der Waals surface area contributed by atoms with Crippen molar-refractivity contribution in [3.63, 3.8) is 0 Å². The van der Waals surface area contributed by atoms with Gasteiger partial charge in [-0.1, -0.05) is 36.4 Å². The van der Waals surface area contributed by atoms with Crippen molar-refractivity contribution in [2.75, 3.05) is 0 Å². The minimum absolute atomic E-state index is 0.606. The highest BCUT2D eigenvalue weighted by atomic mass is 14.3. The van der Waals surface area contributed by atoms with Gasteiger partial charge in [0.15, 0.2) is 0 Å². The van der Waals surface area contributed by atoms with Crippen molar-refractivity contribution in [1.29, 1.82) is 10.5 Å². The molecule has 0 bridgehead atoms. The third kappa shape index (κ3) is 1.34. The Labute approximate surface area is 104 Å². The van der Waals surface area contributed by atoms with Crippen molar-refractivity contribution in [2.24, 2.45) is 0 Å². The topological polar surface area (TPSA) is 47.6 Å². The van der Waals surface area contributed by atoms with Gasteiger partial charge in [0.1, 0.15) is 6.07 Å². The van der Waals surface area contributed by atoms with Crippen LogP contribution in [0, 0.1) is 22.7 Å². The molecule has 0 aromatic heterocycles. The average Bonchev–Trinajstić information content (AvgIpc) is 2.44. The minimum Gasteiger partial charge on any atom is -0.192 e. The molecule has 0 atom stereocenters. The van der Waals surface area contributed by atoms with Gasteiger partial charge >= 0.3 is 0 Å². The molecule has 0 aliphatic rings. The van der Waals surface area contributed by atoms with Gasteiger partial charge in [-0.15, -0.1) is 0 Å². The van der Waals surface area contributed by atoms with Gasteiger partial charge < -0.3 is 0 Å². The van der Waals surface area contributed by atoms with E-state index in [1.165, 1.54) is 0 Å². The summed E-state index contributed by atoms with van der Waals surface area (Å²) in [4.78, 5) is 0. The van der Waals surface area contributed by atoms with Crippen molar-refractivity contribution in [3.05, 3.63) is 59.7 Å². The first-order chi connectivity index (χ1) is 8.85. The lowest BCUT2D eigenvalue weighted by Crippen LogP contribution is -1.86. The number of hydrogen-bond acceptors (Lipinski definition) is 2. The largest absolute Gasteiger partial charge is 0.192 e. The zero-order valence-corrected chi connectivity index (χ0v) is 9.51. The second-order valence-corrected chi connectivity index (χ2v) is 4.10. The molecule has 3 rings (SSSR count). The summed E-state index contributed by atoms with van der Waals surface area (Å²) in [5, 5.41) is 22.1. The summed E-state index contributed by atoms with van der Waals surface area (Å²) in [6, 6.07) is 19.6. The highest BCUT2D eigenvalue weighted by molar-refractivity contribution is 6.06. The molecule has 0 unspecified atom stereocenters. The molecule has 2 heteroatoms. The Hall–Kier alpha value is -2.84. The van der Waals surface area contributed by atoms with Gasteiger partial charge in [0.2, 0.25) is 0 Å². The second kappa shape index (κ2) is 3.87. The summed E-state index contributed by atoms with van der Waals surface area (Å²) >= 11 is 0. The number of nitrogens with zero attached hydrogens (tertiary/aromatic N) is 2. The smallest absolute Gasteiger partial charge is 0.100 e. The third-order valence-corrected chi connectivity index (χ3v) is 3.14. The van der Waals surface area contributed by atoms with Crippen molar-refractivity contribution in [2.45, 2.75) is 0 Å². The normalized spacial score (nSPS) is 10.1. The van der Waals surface area contributed by atoms with Crippen LogP contribution in [-0.2, 0) is 0 Å². The van der Waals surface area contributed by atoms with E-state index in [9.17, 15) is 5.26 Å². The van der Waals surface area contributed by atoms with Gasteiger partial charge in [-0.2, -0.15) is 10.5 Å². The predicted molar refractivity (Wildman–Crippen MR) is 70.9 cm³/mol. The molecule has 18 heavy (non-hydrogen) atoms. The summed E-state index contributed by atoms with van der Waals surface area (Å²) in [5.41, 5.74) is 1.25. The summed E-state index contributed by atoms with van der Waals surface area (Å²) in [7, 11) is 0. The van der Waals surface area contributed by atoms with E-state index >= 15 is 0 Å². The molecular weight excluding hydrogens is 220 g/mol. The van der Waals surface area contributed by atoms with Crippen LogP contribution < -0.4 is 0 Å². The van der Waals surface area contributed by atoms with E-state index < -0.39 is 0 Å². The summed E-state index contributed by atoms with van der Waals surface area (Å²) in [6.45, 7) is 0. The van der Waals surface area contributed by atoms with Gasteiger partial charge in [-0.05, 0) is 17.5 Å². The Morgan fingerprint density at radius 2 is 1.50 bits per heavy atom. The van der Waals surface area contributed by atoms with Crippen LogP contribution in [0.15, 0.2) is 48.5 Å². The molecule has 82 valence electrons. The third-order valence-electron chi connectivity index (χ3n) is 3.14. The first kappa shape index (κ1) is 10.3. The summed E-state index contributed by atoms with van der Waals surface area (Å²) in [5.74, 6) is 0. The lowest BCUT2D eigenvalue weighted by molar-refractivity contribution is 1.50. The number of benzene rings is 3. The maximum atomic E-state index is 9.36. The van der Waals surface area contributed by atoms with Crippen LogP contribution in [0.3, 0.4) is 0 Å². The van der Waals surface area contributed by atoms with Crippen LogP contribution in [-0.4, -0.2) is 0 Å². The van der Waals surface area contributed by atoms with Crippen LogP contribution in [0.25, 0.3) is 21.5 Å². The first-order valence-electron chi connectivity index (χ1n) is 5.60. The Kier molecular flexibility index (Phi) is 2.22. The fourth-order valence-electron chi connectivity index (χ4n) is 2.31. The fourth-order valence-corrected chi connectivity index (χ4v) is 2.31. The number of rotatable bonds is 0. The quantitative estimate of drug-likeness (QED) is 0.550. The number of nitriles is 2. The van der Waals surface area contributed by atoms with Crippen molar-refractivity contribution >= 4 is 21.5 Å². The SMILES string of the molecule is N#Cc1cccc2c(C#N)c3ccccc3cc12. The van der Waals surface area contributed by atoms with Crippen LogP contribution >= 0.6 is 0 Å². The molecule has 0 aliphatic carbocycles. The molecular formula is C16H8N2. The minimum atomic E-state index is 0.606. The lowest BCUT2D eigenvalue weighted by Gasteiger charge is -2.06. The zero-order valence-electron chi connectivity index (χ0n) is 9.51. The second-order valence-electron chi connectivity index (χ2n) is 4.10. The van der Waals surface area contributed by atoms with E-state index in [0.717, 1.165) is 21.5 Å². The van der Waals surface area contributed by atoms with Gasteiger partial charge in [0.25, 0.3) is 0 Å². The number of fused-ring (bicyclic) bond motifs is 2. The van der Waals surface area contributed by atoms with Crippen molar-refractivity contribution in [1.82, 2.24) is 0 Å². The van der Waals surface area contributed by atoms with Crippen LogP contribution in [0.2, 0.25) is 0 Å². The van der Waals surface area contributed by atoms with E-state index in [1.807, 2.05) is 42.5 Å². The van der Waals surface area contributed by atoms with E-state index in [4.69, 9.17) is 5.26 Å². The van der Waals surface area contributed by atoms with E-state index in [-0.39, 0.29) is 0 Å². The van der Waals surface area contributed by atoms with Gasteiger partial charge in [-0.3, -0.25) is 0 Å². The maximum Gasteiger partial charge on any atom is 0.100 e. The standard InChI is InChI=1S/C16H8N2/c17-9-12-5-3-7-14-15(12)8-11-4-1-2-6-13(11)16(14)10-18/h1-8H. The molecule has 0 aliphatic heterocycles. The van der Waals surface area contributed by atoms with Gasteiger partial charge in [0.05, 0.1) is 17.2 Å². The highest BCUT2D eigenvalue weighted by Gasteiger charge is 2.09. The fraction of sp³-hybridized carbons (Fsp3) is 0. The molecule has 0 spiro atoms. The van der Waals surface area contributed by atoms with E-state index in [0.29, 0.717) is 11.1 Å². The lowest BCUT2D eigenvalue weighted by atomic mass is 9.95. The van der Waals surface area contributed by atoms with Crippen LogP contribution in [0.5, 0.6) is 0 Å². The first-order valence-corrected chi connectivity index (χ1v) is 5.60. The molecule has 0 saturated carbocycles. The molecule has 0 radical (unpaired) electrons. The molecule has 3 aromatic rings. The molecule has 3 aromatic carbocycles. The monoisotopic (exact) mass is 228 g/mol. The maximum absolute atomic E-state index is 9.36. The molecule has 0 N–H and O–H groups in total. The van der Waals surface area contributed by atoms with Gasteiger partial charge in [-0.25, -0.2) is 0 Å². The molecule has 0 fully saturated rings. The summed E-state index contributed by atoms with van der Waals surface area (Å²) in [6.07, 6.45) is 0. The van der Waals surface area contributed by atoms with Crippen LogP contribution in [0.4, 0.5) is 0 Å². The number of hydrogen-bond donors (Lipinski definition) is 0. The average molecular weight is 228 g/mol. The molecule has 0 heterocycles. The molecule has 0 saturated heterocycles. The zero-order chi connectivity index (χ0) is 12.5. The van der Waals surface area contributed by atoms with E-state index in [1.54, 1.807) is 6.07 Å². The Balaban J connectivity index is 2.64. The van der Waals surface area contributed by atoms with Gasteiger partial charge in [0, 0.05) is 16.2 Å². The van der Waals surface area contributed by atoms with Crippen molar-refractivity contribution < 1.29 is 0 Å². The Morgan fingerprint density at radius 1 is 0.722 bits per heavy atom. The molecule has 0 amide bonds. The Morgan fingerprint density at radius 3 is 2.28 bits per heavy atom. The summed E-state index contributed by atoms with van der Waals surface area (Å²) < 4.78 is 0. The van der Waals surface area contributed by atoms with Crippen LogP contribution in [0.1, 0.15) is 11.1 Å². The predicted octanol–water partition coefficient (Wildman–Crippen LogP) is 3.74. The Bertz CT molecular complexity index is 848. The highest BCUT2D eigenvalue weighted by Crippen LogP contribution is 2.29.